The molecule has 1 saturated heterocycles. The third kappa shape index (κ3) is 8.77. The highest BCUT2D eigenvalue weighted by molar-refractivity contribution is 14.0. The van der Waals surface area contributed by atoms with Crippen molar-refractivity contribution >= 4 is 35.8 Å². The Labute approximate surface area is 187 Å². The molecule has 1 heterocycles. The highest BCUT2D eigenvalue weighted by Crippen LogP contribution is 2.09. The number of hydrogen-bond donors (Lipinski definition) is 2. The van der Waals surface area contributed by atoms with E-state index in [0.717, 1.165) is 57.9 Å². The molecule has 0 bridgehead atoms. The summed E-state index contributed by atoms with van der Waals surface area (Å²) in [5, 5.41) is 6.72. The van der Waals surface area contributed by atoms with Crippen LogP contribution in [0.3, 0.4) is 0 Å². The van der Waals surface area contributed by atoms with Gasteiger partial charge in [0.15, 0.2) is 5.96 Å². The topological polar surface area (TPSA) is 60.0 Å². The molecule has 0 radical (unpaired) electrons. The molecule has 2 N–H and O–H groups in total. The molecule has 1 aromatic rings. The van der Waals surface area contributed by atoms with E-state index < -0.39 is 0 Å². The zero-order valence-corrected chi connectivity index (χ0v) is 19.8. The molecule has 2 rings (SSSR count). The second kappa shape index (κ2) is 13.8. The van der Waals surface area contributed by atoms with Gasteiger partial charge in [-0.15, -0.1) is 24.0 Å². The van der Waals surface area contributed by atoms with Crippen LogP contribution in [-0.2, 0) is 11.2 Å². The molecule has 1 aromatic carbocycles. The maximum Gasteiger partial charge on any atom is 0.222 e. The standard InChI is InChI=1S/C21H35N5O.HI/c1-4-22-21(23-13-9-15-26-14-8-12-20(26)27)24-17-19(25(2)3)16-18-10-6-5-7-11-18;/h5-7,10-11,19H,4,8-9,12-17H2,1-3H3,(H2,22,23,24);1H. The molecule has 158 valence electrons. The third-order valence-electron chi connectivity index (χ3n) is 4.92. The molecule has 0 spiro atoms. The van der Waals surface area contributed by atoms with Gasteiger partial charge in [-0.3, -0.25) is 9.79 Å². The molecule has 0 aromatic heterocycles. The van der Waals surface area contributed by atoms with Crippen LogP contribution < -0.4 is 10.6 Å². The van der Waals surface area contributed by atoms with Crippen molar-refractivity contribution in [2.45, 2.75) is 38.6 Å². The van der Waals surface area contributed by atoms with Gasteiger partial charge < -0.3 is 20.4 Å². The molecule has 1 atom stereocenters. The normalized spacial score (nSPS) is 15.5. The molecule has 0 aliphatic carbocycles. The van der Waals surface area contributed by atoms with Crippen molar-refractivity contribution in [3.63, 3.8) is 0 Å². The third-order valence-corrected chi connectivity index (χ3v) is 4.92. The summed E-state index contributed by atoms with van der Waals surface area (Å²) in [6, 6.07) is 10.9. The Kier molecular flexibility index (Phi) is 12.1. The maximum atomic E-state index is 11.7. The number of nitrogens with one attached hydrogen (secondary N) is 2. The van der Waals surface area contributed by atoms with Crippen LogP contribution in [0.2, 0.25) is 0 Å². The summed E-state index contributed by atoms with van der Waals surface area (Å²) >= 11 is 0. The highest BCUT2D eigenvalue weighted by atomic mass is 127. The number of aliphatic imine (C=N–C) groups is 1. The van der Waals surface area contributed by atoms with Crippen molar-refractivity contribution in [1.29, 1.82) is 0 Å². The van der Waals surface area contributed by atoms with Crippen molar-refractivity contribution in [2.75, 3.05) is 46.8 Å². The Hall–Kier alpha value is -1.35. The number of rotatable bonds is 10. The van der Waals surface area contributed by atoms with Gasteiger partial charge in [-0.1, -0.05) is 30.3 Å². The number of guanidine groups is 1. The second-order valence-corrected chi connectivity index (χ2v) is 7.29. The lowest BCUT2D eigenvalue weighted by Gasteiger charge is -2.23. The fraction of sp³-hybridized carbons (Fsp3) is 0.619. The predicted molar refractivity (Wildman–Crippen MR) is 127 cm³/mol. The van der Waals surface area contributed by atoms with Gasteiger partial charge in [-0.05, 0) is 45.8 Å². The highest BCUT2D eigenvalue weighted by Gasteiger charge is 2.19. The van der Waals surface area contributed by atoms with Crippen molar-refractivity contribution in [1.82, 2.24) is 20.4 Å². The summed E-state index contributed by atoms with van der Waals surface area (Å²) in [6.45, 7) is 6.22. The van der Waals surface area contributed by atoms with E-state index in [4.69, 9.17) is 4.99 Å². The lowest BCUT2D eigenvalue weighted by atomic mass is 10.1. The van der Waals surface area contributed by atoms with E-state index in [1.165, 1.54) is 5.56 Å². The smallest absolute Gasteiger partial charge is 0.222 e. The van der Waals surface area contributed by atoms with Crippen LogP contribution >= 0.6 is 24.0 Å². The van der Waals surface area contributed by atoms with Gasteiger partial charge in [-0.25, -0.2) is 0 Å². The molecule has 1 aliphatic rings. The van der Waals surface area contributed by atoms with E-state index in [2.05, 4.69) is 66.9 Å². The number of hydrogen-bond acceptors (Lipinski definition) is 3. The molecule has 1 aliphatic heterocycles. The lowest BCUT2D eigenvalue weighted by Crippen LogP contribution is -2.40. The number of carbonyl (C=O) groups excluding carboxylic acids is 1. The number of nitrogens with zero attached hydrogens (tertiary/aromatic N) is 3. The summed E-state index contributed by atoms with van der Waals surface area (Å²) in [7, 11) is 4.22. The van der Waals surface area contributed by atoms with Gasteiger partial charge >= 0.3 is 0 Å². The Morgan fingerprint density at radius 3 is 2.61 bits per heavy atom. The number of halogens is 1. The Bertz CT molecular complexity index is 594. The number of amides is 1. The molecule has 7 heteroatoms. The van der Waals surface area contributed by atoms with Gasteiger partial charge in [-0.2, -0.15) is 0 Å². The molecule has 1 amide bonds. The number of benzene rings is 1. The van der Waals surface area contributed by atoms with Crippen molar-refractivity contribution in [3.8, 4) is 0 Å². The zero-order valence-electron chi connectivity index (χ0n) is 17.5. The van der Waals surface area contributed by atoms with Gasteiger partial charge in [0, 0.05) is 38.6 Å². The fourth-order valence-electron chi connectivity index (χ4n) is 3.25. The molecular formula is C21H36IN5O. The van der Waals surface area contributed by atoms with Crippen LogP contribution in [0.15, 0.2) is 35.3 Å². The molecule has 1 fully saturated rings. The Morgan fingerprint density at radius 1 is 1.25 bits per heavy atom. The van der Waals surface area contributed by atoms with Crippen molar-refractivity contribution < 1.29 is 4.79 Å². The van der Waals surface area contributed by atoms with Crippen LogP contribution in [0.5, 0.6) is 0 Å². The van der Waals surface area contributed by atoms with Crippen molar-refractivity contribution in [2.24, 2.45) is 4.99 Å². The fourth-order valence-corrected chi connectivity index (χ4v) is 3.25. The largest absolute Gasteiger partial charge is 0.357 e. The average Bonchev–Trinajstić information content (AvgIpc) is 3.07. The van der Waals surface area contributed by atoms with E-state index in [1.807, 2.05) is 4.90 Å². The zero-order chi connectivity index (χ0) is 19.5. The van der Waals surface area contributed by atoms with E-state index in [1.54, 1.807) is 0 Å². The second-order valence-electron chi connectivity index (χ2n) is 7.29. The van der Waals surface area contributed by atoms with Gasteiger partial charge in [0.05, 0.1) is 6.54 Å². The number of likely N-dealkylation sites (tertiary alicyclic amines) is 1. The quantitative estimate of drug-likeness (QED) is 0.224. The average molecular weight is 501 g/mol. The van der Waals surface area contributed by atoms with E-state index in [-0.39, 0.29) is 24.0 Å². The maximum absolute atomic E-state index is 11.7. The minimum Gasteiger partial charge on any atom is -0.357 e. The van der Waals surface area contributed by atoms with Gasteiger partial charge in [0.25, 0.3) is 0 Å². The lowest BCUT2D eigenvalue weighted by molar-refractivity contribution is -0.127. The molecular weight excluding hydrogens is 465 g/mol. The van der Waals surface area contributed by atoms with Gasteiger partial charge in [0.2, 0.25) is 5.91 Å². The summed E-state index contributed by atoms with van der Waals surface area (Å²) < 4.78 is 0. The summed E-state index contributed by atoms with van der Waals surface area (Å²) in [5.41, 5.74) is 1.33. The number of carbonyl (C=O) groups is 1. The van der Waals surface area contributed by atoms with E-state index in [0.29, 0.717) is 18.4 Å². The first kappa shape index (κ1) is 24.7. The first-order chi connectivity index (χ1) is 13.1. The predicted octanol–water partition coefficient (Wildman–Crippen LogP) is 2.34. The summed E-state index contributed by atoms with van der Waals surface area (Å²) in [5.74, 6) is 1.15. The number of likely N-dealkylation sites (N-methyl/N-ethyl adjacent to an activating group) is 1. The first-order valence-corrected chi connectivity index (χ1v) is 10.1. The van der Waals surface area contributed by atoms with Crippen LogP contribution in [-0.4, -0.2) is 74.5 Å². The van der Waals surface area contributed by atoms with Crippen LogP contribution in [0.1, 0.15) is 31.7 Å². The Balaban J connectivity index is 0.00000392. The summed E-state index contributed by atoms with van der Waals surface area (Å²) in [4.78, 5) is 20.6. The molecule has 1 unspecified atom stereocenters. The molecule has 28 heavy (non-hydrogen) atoms. The van der Waals surface area contributed by atoms with Crippen LogP contribution in [0.25, 0.3) is 0 Å². The van der Waals surface area contributed by atoms with Crippen molar-refractivity contribution in [3.05, 3.63) is 35.9 Å². The van der Waals surface area contributed by atoms with Gasteiger partial charge in [0.1, 0.15) is 0 Å². The minimum absolute atomic E-state index is 0. The van der Waals surface area contributed by atoms with E-state index in [9.17, 15) is 4.79 Å². The van der Waals surface area contributed by atoms with Crippen LogP contribution in [0.4, 0.5) is 0 Å². The van der Waals surface area contributed by atoms with E-state index >= 15 is 0 Å². The monoisotopic (exact) mass is 501 g/mol. The Morgan fingerprint density at radius 2 is 2.00 bits per heavy atom. The first-order valence-electron chi connectivity index (χ1n) is 10.1. The molecule has 6 nitrogen and oxygen atoms in total. The minimum atomic E-state index is 0. The molecule has 0 saturated carbocycles. The summed E-state index contributed by atoms with van der Waals surface area (Å²) in [6.07, 6.45) is 3.64. The van der Waals surface area contributed by atoms with Crippen LogP contribution in [0, 0.1) is 0 Å². The SMILES string of the molecule is CCNC(=NCC(Cc1ccccc1)N(C)C)NCCCN1CCCC1=O.I.